The van der Waals surface area contributed by atoms with Gasteiger partial charge in [0.15, 0.2) is 0 Å². The van der Waals surface area contributed by atoms with E-state index in [9.17, 15) is 0 Å². The van der Waals surface area contributed by atoms with Gasteiger partial charge in [-0.05, 0) is 12.1 Å². The molecule has 3 rings (SSSR count). The second kappa shape index (κ2) is 7.69. The molecule has 0 saturated heterocycles. The molecule has 7 nitrogen and oxygen atoms in total. The fourth-order valence-corrected chi connectivity index (χ4v) is 1.88. The Kier molecular flexibility index (Phi) is 4.92. The quantitative estimate of drug-likeness (QED) is 0.649. The smallest absolute Gasteiger partial charge is 0.150 e. The number of hydrogen-bond acceptors (Lipinski definition) is 7. The molecule has 1 aromatic carbocycles. The minimum absolute atomic E-state index is 0.543. The molecular formula is C16H16N6O. The Balaban J connectivity index is 1.49. The van der Waals surface area contributed by atoms with E-state index in [1.54, 1.807) is 24.7 Å². The Bertz CT molecular complexity index is 723. The molecule has 0 aliphatic heterocycles. The van der Waals surface area contributed by atoms with Gasteiger partial charge < -0.3 is 15.4 Å². The number of ether oxygens (including phenoxy) is 1. The van der Waals surface area contributed by atoms with Crippen molar-refractivity contribution in [1.82, 2.24) is 19.9 Å². The lowest BCUT2D eigenvalue weighted by atomic mass is 10.3. The first-order valence-electron chi connectivity index (χ1n) is 7.17. The molecule has 116 valence electrons. The van der Waals surface area contributed by atoms with Gasteiger partial charge in [-0.1, -0.05) is 18.2 Å². The van der Waals surface area contributed by atoms with Gasteiger partial charge >= 0.3 is 0 Å². The normalized spacial score (nSPS) is 10.1. The van der Waals surface area contributed by atoms with Crippen LogP contribution in [0.5, 0.6) is 5.75 Å². The molecule has 0 unspecified atom stereocenters. The fourth-order valence-electron chi connectivity index (χ4n) is 1.88. The van der Waals surface area contributed by atoms with Crippen molar-refractivity contribution in [2.45, 2.75) is 0 Å². The van der Waals surface area contributed by atoms with Gasteiger partial charge in [0.25, 0.3) is 0 Å². The number of aromatic nitrogens is 4. The monoisotopic (exact) mass is 308 g/mol. The number of para-hydroxylation sites is 1. The zero-order valence-corrected chi connectivity index (χ0v) is 12.4. The Hall–Kier alpha value is -3.22. The second-order valence-corrected chi connectivity index (χ2v) is 4.59. The van der Waals surface area contributed by atoms with Gasteiger partial charge in [0.1, 0.15) is 36.1 Å². The molecule has 0 fully saturated rings. The van der Waals surface area contributed by atoms with Crippen LogP contribution in [-0.4, -0.2) is 33.1 Å². The Morgan fingerprint density at radius 3 is 2.61 bits per heavy atom. The number of anilines is 3. The zero-order valence-electron chi connectivity index (χ0n) is 12.4. The molecule has 0 aliphatic rings. The maximum absolute atomic E-state index is 5.61. The van der Waals surface area contributed by atoms with Crippen LogP contribution < -0.4 is 15.4 Å². The van der Waals surface area contributed by atoms with Crippen LogP contribution in [-0.2, 0) is 0 Å². The number of nitrogens with one attached hydrogen (secondary N) is 2. The van der Waals surface area contributed by atoms with Crippen molar-refractivity contribution in [3.8, 4) is 5.75 Å². The molecule has 0 bridgehead atoms. The van der Waals surface area contributed by atoms with Crippen LogP contribution in [0.4, 0.5) is 17.5 Å². The lowest BCUT2D eigenvalue weighted by Crippen LogP contribution is -2.12. The predicted molar refractivity (Wildman–Crippen MR) is 87.8 cm³/mol. The van der Waals surface area contributed by atoms with E-state index in [4.69, 9.17) is 4.74 Å². The number of hydrogen-bond donors (Lipinski definition) is 2. The molecule has 0 atom stereocenters. The average Bonchev–Trinajstić information content (AvgIpc) is 2.61. The minimum Gasteiger partial charge on any atom is -0.492 e. The van der Waals surface area contributed by atoms with Crippen LogP contribution >= 0.6 is 0 Å². The molecule has 2 heterocycles. The third kappa shape index (κ3) is 4.63. The van der Waals surface area contributed by atoms with E-state index in [0.717, 1.165) is 5.75 Å². The number of rotatable bonds is 7. The SMILES string of the molecule is c1ccc(OCCNc2cc(Nc3cnccn3)ncn2)cc1. The average molecular weight is 308 g/mol. The van der Waals surface area contributed by atoms with Crippen molar-refractivity contribution >= 4 is 17.5 Å². The van der Waals surface area contributed by atoms with Gasteiger partial charge in [-0.2, -0.15) is 0 Å². The molecule has 0 aliphatic carbocycles. The number of nitrogens with zero attached hydrogens (tertiary/aromatic N) is 4. The minimum atomic E-state index is 0.543. The van der Waals surface area contributed by atoms with Crippen LogP contribution in [0, 0.1) is 0 Å². The first-order valence-corrected chi connectivity index (χ1v) is 7.17. The van der Waals surface area contributed by atoms with E-state index in [-0.39, 0.29) is 0 Å². The summed E-state index contributed by atoms with van der Waals surface area (Å²) in [4.78, 5) is 16.5. The Morgan fingerprint density at radius 2 is 1.78 bits per heavy atom. The Morgan fingerprint density at radius 1 is 0.913 bits per heavy atom. The van der Waals surface area contributed by atoms with E-state index in [1.165, 1.54) is 6.33 Å². The van der Waals surface area contributed by atoms with Crippen molar-refractivity contribution in [3.63, 3.8) is 0 Å². The third-order valence-corrected chi connectivity index (χ3v) is 2.91. The zero-order chi connectivity index (χ0) is 15.7. The Labute approximate surface area is 133 Å². The molecule has 2 aromatic heterocycles. The molecule has 0 saturated carbocycles. The lowest BCUT2D eigenvalue weighted by Gasteiger charge is -2.09. The van der Waals surface area contributed by atoms with E-state index in [1.807, 2.05) is 30.3 Å². The molecule has 0 radical (unpaired) electrons. The van der Waals surface area contributed by atoms with Crippen LogP contribution in [0.3, 0.4) is 0 Å². The summed E-state index contributed by atoms with van der Waals surface area (Å²) in [6.45, 7) is 1.18. The van der Waals surface area contributed by atoms with Crippen LogP contribution in [0.25, 0.3) is 0 Å². The van der Waals surface area contributed by atoms with Crippen molar-refractivity contribution in [1.29, 1.82) is 0 Å². The van der Waals surface area contributed by atoms with Gasteiger partial charge in [0.05, 0.1) is 12.7 Å². The van der Waals surface area contributed by atoms with Gasteiger partial charge in [-0.3, -0.25) is 4.98 Å². The predicted octanol–water partition coefficient (Wildman–Crippen LogP) is 2.50. The van der Waals surface area contributed by atoms with E-state index >= 15 is 0 Å². The maximum Gasteiger partial charge on any atom is 0.150 e. The largest absolute Gasteiger partial charge is 0.492 e. The summed E-state index contributed by atoms with van der Waals surface area (Å²) < 4.78 is 5.61. The lowest BCUT2D eigenvalue weighted by molar-refractivity contribution is 0.333. The van der Waals surface area contributed by atoms with Gasteiger partial charge in [0, 0.05) is 18.5 Å². The summed E-state index contributed by atoms with van der Waals surface area (Å²) in [5.41, 5.74) is 0. The van der Waals surface area contributed by atoms with Crippen molar-refractivity contribution in [2.75, 3.05) is 23.8 Å². The van der Waals surface area contributed by atoms with E-state index in [0.29, 0.717) is 30.6 Å². The number of benzene rings is 1. The first-order chi connectivity index (χ1) is 11.4. The van der Waals surface area contributed by atoms with Crippen LogP contribution in [0.1, 0.15) is 0 Å². The highest BCUT2D eigenvalue weighted by Crippen LogP contribution is 2.13. The molecule has 0 amide bonds. The third-order valence-electron chi connectivity index (χ3n) is 2.91. The summed E-state index contributed by atoms with van der Waals surface area (Å²) in [5, 5.41) is 6.25. The highest BCUT2D eigenvalue weighted by Gasteiger charge is 2.00. The standard InChI is InChI=1S/C16H16N6O/c1-2-4-13(5-3-1)23-9-8-19-14-10-15(21-12-20-14)22-16-11-17-6-7-18-16/h1-7,10-12H,8-9H2,(H2,18,19,20,21,22). The first kappa shape index (κ1) is 14.7. The maximum atomic E-state index is 5.61. The van der Waals surface area contributed by atoms with Gasteiger partial charge in [-0.15, -0.1) is 0 Å². The molecule has 0 spiro atoms. The van der Waals surface area contributed by atoms with Crippen molar-refractivity contribution < 1.29 is 4.74 Å². The molecule has 2 N–H and O–H groups in total. The van der Waals surface area contributed by atoms with Crippen LogP contribution in [0.15, 0.2) is 61.3 Å². The van der Waals surface area contributed by atoms with Crippen molar-refractivity contribution in [3.05, 3.63) is 61.3 Å². The molecular weight excluding hydrogens is 292 g/mol. The molecule has 23 heavy (non-hydrogen) atoms. The van der Waals surface area contributed by atoms with Crippen molar-refractivity contribution in [2.24, 2.45) is 0 Å². The summed E-state index contributed by atoms with van der Waals surface area (Å²) in [6.07, 6.45) is 6.34. The van der Waals surface area contributed by atoms with E-state index in [2.05, 4.69) is 30.6 Å². The topological polar surface area (TPSA) is 84.9 Å². The van der Waals surface area contributed by atoms with Gasteiger partial charge in [-0.25, -0.2) is 15.0 Å². The summed E-state index contributed by atoms with van der Waals surface area (Å²) in [5.74, 6) is 2.83. The van der Waals surface area contributed by atoms with Crippen LogP contribution in [0.2, 0.25) is 0 Å². The van der Waals surface area contributed by atoms with Gasteiger partial charge in [0.2, 0.25) is 0 Å². The molecule has 3 aromatic rings. The fraction of sp³-hybridized carbons (Fsp3) is 0.125. The summed E-state index contributed by atoms with van der Waals surface area (Å²) in [6, 6.07) is 11.5. The second-order valence-electron chi connectivity index (χ2n) is 4.59. The highest BCUT2D eigenvalue weighted by molar-refractivity contribution is 5.54. The highest BCUT2D eigenvalue weighted by atomic mass is 16.5. The molecule has 7 heteroatoms. The summed E-state index contributed by atoms with van der Waals surface area (Å²) in [7, 11) is 0. The van der Waals surface area contributed by atoms with E-state index < -0.39 is 0 Å². The summed E-state index contributed by atoms with van der Waals surface area (Å²) >= 11 is 0.